The third kappa shape index (κ3) is 5.99. The first kappa shape index (κ1) is 26.5. The summed E-state index contributed by atoms with van der Waals surface area (Å²) in [5.74, 6) is 1.29. The van der Waals surface area contributed by atoms with Crippen LogP contribution in [0.5, 0.6) is 0 Å². The van der Waals surface area contributed by atoms with E-state index in [1.807, 2.05) is 25.6 Å². The number of aliphatic imine (C=N–C) groups is 1. The molecule has 1 aliphatic rings. The van der Waals surface area contributed by atoms with Gasteiger partial charge in [0, 0.05) is 46.4 Å². The number of hydrogen-bond acceptors (Lipinski definition) is 3. The van der Waals surface area contributed by atoms with Crippen molar-refractivity contribution in [2.24, 2.45) is 4.99 Å². The zero-order valence-corrected chi connectivity index (χ0v) is 21.6. The van der Waals surface area contributed by atoms with Crippen LogP contribution in [0.1, 0.15) is 55.5 Å². The number of aryl methyl sites for hydroxylation is 2. The van der Waals surface area contributed by atoms with Gasteiger partial charge in [-0.1, -0.05) is 50.6 Å². The third-order valence-electron chi connectivity index (χ3n) is 5.88. The van der Waals surface area contributed by atoms with Crippen LogP contribution in [-0.2, 0) is 6.54 Å². The van der Waals surface area contributed by atoms with E-state index in [4.69, 9.17) is 0 Å². The number of benzene rings is 2. The number of nitrogens with one attached hydrogen (secondary N) is 1. The quantitative estimate of drug-likeness (QED) is 0.175. The number of H-pyrrole nitrogens is 1. The van der Waals surface area contributed by atoms with Crippen LogP contribution in [0.4, 0.5) is 5.69 Å². The van der Waals surface area contributed by atoms with E-state index in [9.17, 15) is 0 Å². The van der Waals surface area contributed by atoms with Gasteiger partial charge in [0.05, 0.1) is 5.69 Å². The Morgan fingerprint density at radius 3 is 2.48 bits per heavy atom. The first-order chi connectivity index (χ1) is 16.0. The molecule has 0 aliphatic carbocycles. The number of thioether (sulfide) groups is 1. The second-order valence-corrected chi connectivity index (χ2v) is 9.03. The van der Waals surface area contributed by atoms with Gasteiger partial charge >= 0.3 is 0 Å². The number of nitrogens with zero attached hydrogens (tertiary/aromatic N) is 2. The molecule has 0 spiro atoms. The number of fused-ring (bicyclic) bond motifs is 3. The molecular weight excluding hydrogens is 422 g/mol. The van der Waals surface area contributed by atoms with Crippen molar-refractivity contribution in [3.8, 4) is 12.8 Å². The zero-order chi connectivity index (χ0) is 24.5. The maximum atomic E-state index is 4.43. The molecule has 1 atom stereocenters. The van der Waals surface area contributed by atoms with Crippen molar-refractivity contribution in [2.45, 2.75) is 58.4 Å². The number of aromatic amines is 1. The minimum atomic E-state index is 0.370. The van der Waals surface area contributed by atoms with Crippen molar-refractivity contribution in [3.63, 3.8) is 0 Å². The molecule has 2 heterocycles. The maximum absolute atomic E-state index is 4.43. The highest BCUT2D eigenvalue weighted by Gasteiger charge is 2.30. The van der Waals surface area contributed by atoms with Crippen LogP contribution in [0.15, 0.2) is 58.4 Å². The van der Waals surface area contributed by atoms with Gasteiger partial charge in [-0.3, -0.25) is 9.89 Å². The Morgan fingerprint density at radius 2 is 1.82 bits per heavy atom. The smallest absolute Gasteiger partial charge is 0.0758 e. The largest absolute Gasteiger partial charge is 0.357 e. The van der Waals surface area contributed by atoms with Crippen LogP contribution in [0, 0.1) is 26.7 Å². The minimum absolute atomic E-state index is 0.370. The summed E-state index contributed by atoms with van der Waals surface area (Å²) < 4.78 is 0. The monoisotopic (exact) mass is 459 g/mol. The van der Waals surface area contributed by atoms with Gasteiger partial charge in [-0.05, 0) is 62.4 Å². The Morgan fingerprint density at radius 1 is 1.15 bits per heavy atom. The third-order valence-corrected chi connectivity index (χ3v) is 7.01. The molecule has 3 aromatic rings. The fourth-order valence-electron chi connectivity index (χ4n) is 4.25. The summed E-state index contributed by atoms with van der Waals surface area (Å²) in [5, 5.41) is 1.36. The van der Waals surface area contributed by atoms with Gasteiger partial charge in [0.1, 0.15) is 0 Å². The lowest BCUT2D eigenvalue weighted by Crippen LogP contribution is -2.33. The first-order valence-electron chi connectivity index (χ1n) is 11.5. The van der Waals surface area contributed by atoms with Crippen molar-refractivity contribution in [2.75, 3.05) is 12.4 Å². The lowest BCUT2D eigenvalue weighted by molar-refractivity contribution is 0.278. The summed E-state index contributed by atoms with van der Waals surface area (Å²) >= 11 is 1.85. The normalized spacial score (nSPS) is 14.9. The Balaban J connectivity index is 0.000000914. The lowest BCUT2D eigenvalue weighted by Gasteiger charge is -2.34. The number of rotatable bonds is 6. The number of hydrogen-bond donors (Lipinski definition) is 1. The van der Waals surface area contributed by atoms with E-state index < -0.39 is 0 Å². The Kier molecular flexibility index (Phi) is 10.0. The molecule has 1 N–H and O–H groups in total. The number of terminal acetylenes is 1. The van der Waals surface area contributed by atoms with E-state index in [2.05, 4.69) is 98.2 Å². The van der Waals surface area contributed by atoms with Crippen molar-refractivity contribution < 1.29 is 0 Å². The maximum Gasteiger partial charge on any atom is 0.0758 e. The van der Waals surface area contributed by atoms with Crippen LogP contribution in [0.2, 0.25) is 0 Å². The molecule has 33 heavy (non-hydrogen) atoms. The van der Waals surface area contributed by atoms with E-state index >= 15 is 0 Å². The number of aromatic nitrogens is 1. The fourth-order valence-corrected chi connectivity index (χ4v) is 5.32. The first-order valence-corrected chi connectivity index (χ1v) is 12.5. The van der Waals surface area contributed by atoms with E-state index in [0.29, 0.717) is 5.92 Å². The van der Waals surface area contributed by atoms with Gasteiger partial charge in [-0.25, -0.2) is 0 Å². The Hall–Kier alpha value is -2.74. The standard InChI is InChI=1S/C25H29N3S.C2H6.C2H2/c1-6-18(4)20-13-28(15-29-24-12-17(3)8-10-22(24)26-5)14-23-25(20)19-11-16(2)7-9-21(19)27-23;2*1-2/h7-12,20,27H,4-6,13-15H2,1-3H3;1-2H3;1-2H. The summed E-state index contributed by atoms with van der Waals surface area (Å²) in [7, 11) is 0. The van der Waals surface area contributed by atoms with Crippen molar-refractivity contribution in [3.05, 3.63) is 70.9 Å². The van der Waals surface area contributed by atoms with Crippen molar-refractivity contribution >= 4 is 35.1 Å². The molecule has 1 aromatic heterocycles. The molecule has 4 heteroatoms. The average Bonchev–Trinajstić information content (AvgIpc) is 3.21. The van der Waals surface area contributed by atoms with Crippen molar-refractivity contribution in [1.82, 2.24) is 9.88 Å². The van der Waals surface area contributed by atoms with Crippen LogP contribution in [0.3, 0.4) is 0 Å². The summed E-state index contributed by atoms with van der Waals surface area (Å²) in [5.41, 5.74) is 8.87. The van der Waals surface area contributed by atoms with Crippen LogP contribution >= 0.6 is 11.8 Å². The SMILES string of the molecule is C#C.C=Nc1ccc(C)cc1SCN1Cc2[nH]c3ccc(C)cc3c2C(C(=C)CC)C1.CC. The van der Waals surface area contributed by atoms with Crippen LogP contribution in [-0.4, -0.2) is 29.0 Å². The van der Waals surface area contributed by atoms with E-state index in [-0.39, 0.29) is 0 Å². The highest BCUT2D eigenvalue weighted by Crippen LogP contribution is 2.40. The molecule has 1 unspecified atom stereocenters. The van der Waals surface area contributed by atoms with E-state index in [1.165, 1.54) is 43.8 Å². The predicted molar refractivity (Wildman–Crippen MR) is 148 cm³/mol. The summed E-state index contributed by atoms with van der Waals surface area (Å²) in [6, 6.07) is 13.1. The molecule has 0 fully saturated rings. The average molecular weight is 460 g/mol. The highest BCUT2D eigenvalue weighted by molar-refractivity contribution is 7.99. The Labute approximate surface area is 204 Å². The highest BCUT2D eigenvalue weighted by atomic mass is 32.2. The van der Waals surface area contributed by atoms with Gasteiger partial charge in [0.15, 0.2) is 0 Å². The van der Waals surface area contributed by atoms with Crippen LogP contribution < -0.4 is 0 Å². The van der Waals surface area contributed by atoms with E-state index in [1.54, 1.807) is 0 Å². The second kappa shape index (κ2) is 12.5. The zero-order valence-electron chi connectivity index (χ0n) is 20.7. The van der Waals surface area contributed by atoms with Gasteiger partial charge in [-0.15, -0.1) is 24.6 Å². The summed E-state index contributed by atoms with van der Waals surface area (Å²) in [6.45, 7) is 20.6. The van der Waals surface area contributed by atoms with Gasteiger partial charge < -0.3 is 4.98 Å². The van der Waals surface area contributed by atoms with Crippen molar-refractivity contribution in [1.29, 1.82) is 0 Å². The predicted octanol–water partition coefficient (Wildman–Crippen LogP) is 8.01. The molecule has 0 saturated heterocycles. The molecule has 2 aromatic carbocycles. The van der Waals surface area contributed by atoms with Gasteiger partial charge in [0.25, 0.3) is 0 Å². The molecule has 0 radical (unpaired) electrons. The molecule has 1 aliphatic heterocycles. The molecular formula is C29H37N3S. The fraction of sp³-hybridized carbons (Fsp3) is 0.345. The van der Waals surface area contributed by atoms with Gasteiger partial charge in [0.2, 0.25) is 0 Å². The summed E-state index contributed by atoms with van der Waals surface area (Å²) in [6.07, 6.45) is 9.01. The summed E-state index contributed by atoms with van der Waals surface area (Å²) in [4.78, 5) is 11.6. The van der Waals surface area contributed by atoms with E-state index in [0.717, 1.165) is 31.1 Å². The Bertz CT molecular complexity index is 1120. The molecule has 4 rings (SSSR count). The van der Waals surface area contributed by atoms with Crippen LogP contribution in [0.25, 0.3) is 10.9 Å². The van der Waals surface area contributed by atoms with Gasteiger partial charge in [-0.2, -0.15) is 0 Å². The lowest BCUT2D eigenvalue weighted by atomic mass is 9.85. The molecule has 3 nitrogen and oxygen atoms in total. The molecule has 174 valence electrons. The molecule has 0 bridgehead atoms. The topological polar surface area (TPSA) is 31.4 Å². The molecule has 0 saturated carbocycles. The molecule has 0 amide bonds. The minimum Gasteiger partial charge on any atom is -0.357 e. The second-order valence-electron chi connectivity index (χ2n) is 8.04.